The van der Waals surface area contributed by atoms with Gasteiger partial charge in [0.2, 0.25) is 5.91 Å². The molecule has 3 rings (SSSR count). The molecule has 8 heteroatoms. The first-order valence-electron chi connectivity index (χ1n) is 9.73. The molecule has 1 heterocycles. The van der Waals surface area contributed by atoms with E-state index in [-0.39, 0.29) is 30.2 Å². The molecule has 1 aliphatic rings. The van der Waals surface area contributed by atoms with Gasteiger partial charge < -0.3 is 9.64 Å². The lowest BCUT2D eigenvalue weighted by Crippen LogP contribution is -2.31. The van der Waals surface area contributed by atoms with E-state index in [0.717, 1.165) is 25.0 Å². The number of carbonyl (C=O) groups is 2. The number of amides is 1. The van der Waals surface area contributed by atoms with Gasteiger partial charge in [-0.25, -0.2) is 4.98 Å². The Bertz CT molecular complexity index is 999. The highest BCUT2D eigenvalue weighted by Crippen LogP contribution is 2.24. The third-order valence-corrected chi connectivity index (χ3v) is 5.86. The Hall–Kier alpha value is -2.61. The normalized spacial score (nSPS) is 13.4. The van der Waals surface area contributed by atoms with E-state index in [1.807, 2.05) is 13.0 Å². The first-order chi connectivity index (χ1) is 14.0. The van der Waals surface area contributed by atoms with Crippen LogP contribution in [0.25, 0.3) is 10.9 Å². The van der Waals surface area contributed by atoms with Gasteiger partial charge in [-0.1, -0.05) is 30.0 Å². The quantitative estimate of drug-likeness (QED) is 0.375. The molecule has 1 amide bonds. The molecule has 0 fully saturated rings. The lowest BCUT2D eigenvalue weighted by atomic mass is 10.2. The fourth-order valence-electron chi connectivity index (χ4n) is 3.40. The van der Waals surface area contributed by atoms with Crippen molar-refractivity contribution in [2.45, 2.75) is 44.3 Å². The largest absolute Gasteiger partial charge is 0.469 e. The number of benzene rings is 1. The molecule has 1 aliphatic carbocycles. The number of nitrogens with zero attached hydrogens (tertiary/aromatic N) is 3. The van der Waals surface area contributed by atoms with Gasteiger partial charge in [-0.3, -0.25) is 19.0 Å². The Kier molecular flexibility index (Phi) is 7.09. The van der Waals surface area contributed by atoms with Crippen LogP contribution in [0, 0.1) is 0 Å². The molecular weight excluding hydrogens is 390 g/mol. The van der Waals surface area contributed by atoms with Gasteiger partial charge in [-0.15, -0.1) is 0 Å². The van der Waals surface area contributed by atoms with Crippen LogP contribution in [0.5, 0.6) is 0 Å². The molecule has 0 radical (unpaired) electrons. The van der Waals surface area contributed by atoms with Crippen LogP contribution in [0.15, 0.2) is 46.0 Å². The number of fused-ring (bicyclic) bond motifs is 1. The second-order valence-electron chi connectivity index (χ2n) is 6.71. The van der Waals surface area contributed by atoms with Gasteiger partial charge in [0.05, 0.1) is 30.2 Å². The molecule has 2 aromatic rings. The molecule has 0 spiro atoms. The molecule has 0 saturated carbocycles. The second-order valence-corrected chi connectivity index (χ2v) is 7.65. The maximum absolute atomic E-state index is 12.9. The summed E-state index contributed by atoms with van der Waals surface area (Å²) in [6, 6.07) is 7.08. The number of thioether (sulfide) groups is 1. The van der Waals surface area contributed by atoms with Crippen molar-refractivity contribution in [3.8, 4) is 0 Å². The molecule has 0 bridgehead atoms. The summed E-state index contributed by atoms with van der Waals surface area (Å²) in [6.07, 6.45) is 5.18. The topological polar surface area (TPSA) is 81.5 Å². The van der Waals surface area contributed by atoms with Gasteiger partial charge in [0.25, 0.3) is 5.56 Å². The van der Waals surface area contributed by atoms with E-state index in [1.54, 1.807) is 23.1 Å². The number of para-hydroxylation sites is 1. The fraction of sp³-hybridized carbons (Fsp3) is 0.429. The van der Waals surface area contributed by atoms with E-state index in [0.29, 0.717) is 22.6 Å². The summed E-state index contributed by atoms with van der Waals surface area (Å²) in [6.45, 7) is 2.73. The maximum atomic E-state index is 12.9. The van der Waals surface area contributed by atoms with Crippen LogP contribution in [0.1, 0.15) is 32.6 Å². The first kappa shape index (κ1) is 21.1. The van der Waals surface area contributed by atoms with Crippen LogP contribution in [-0.4, -0.2) is 45.7 Å². The molecule has 154 valence electrons. The maximum Gasteiger partial charge on any atom is 0.307 e. The lowest BCUT2D eigenvalue weighted by molar-refractivity contribution is -0.140. The molecule has 0 N–H and O–H groups in total. The number of hydrogen-bond donors (Lipinski definition) is 0. The molecule has 29 heavy (non-hydrogen) atoms. The summed E-state index contributed by atoms with van der Waals surface area (Å²) in [5.74, 6) is -0.233. The zero-order chi connectivity index (χ0) is 20.8. The van der Waals surface area contributed by atoms with Crippen molar-refractivity contribution in [1.82, 2.24) is 14.5 Å². The van der Waals surface area contributed by atoms with E-state index in [4.69, 9.17) is 4.74 Å². The molecule has 1 aromatic carbocycles. The van der Waals surface area contributed by atoms with Crippen LogP contribution >= 0.6 is 11.8 Å². The number of ether oxygens (including phenoxy) is 1. The number of allylic oxidation sites excluding steroid dienone is 2. The van der Waals surface area contributed by atoms with E-state index in [9.17, 15) is 14.4 Å². The van der Waals surface area contributed by atoms with Crippen molar-refractivity contribution in [3.05, 3.63) is 46.4 Å². The predicted molar refractivity (Wildman–Crippen MR) is 113 cm³/mol. The Morgan fingerprint density at radius 1 is 1.31 bits per heavy atom. The lowest BCUT2D eigenvalue weighted by Gasteiger charge is -2.22. The summed E-state index contributed by atoms with van der Waals surface area (Å²) in [5.41, 5.74) is 1.43. The molecule has 0 atom stereocenters. The minimum atomic E-state index is -0.401. The zero-order valence-electron chi connectivity index (χ0n) is 16.7. The predicted octanol–water partition coefficient (Wildman–Crippen LogP) is 2.97. The first-order valence-corrected chi connectivity index (χ1v) is 10.7. The minimum Gasteiger partial charge on any atom is -0.469 e. The molecule has 7 nitrogen and oxygen atoms in total. The highest BCUT2D eigenvalue weighted by atomic mass is 32.2. The van der Waals surface area contributed by atoms with E-state index >= 15 is 0 Å². The molecule has 1 aromatic heterocycles. The Morgan fingerprint density at radius 3 is 2.79 bits per heavy atom. The summed E-state index contributed by atoms with van der Waals surface area (Å²) in [5, 5.41) is 0.918. The SMILES string of the molecule is CCN(C(=O)CSc1nc2ccccc2c(=O)n1CCC(=O)OC)C1=CCCC1. The van der Waals surface area contributed by atoms with Crippen LogP contribution in [-0.2, 0) is 20.9 Å². The third-order valence-electron chi connectivity index (χ3n) is 4.90. The van der Waals surface area contributed by atoms with Crippen LogP contribution in [0.2, 0.25) is 0 Å². The van der Waals surface area contributed by atoms with Crippen molar-refractivity contribution >= 4 is 34.5 Å². The van der Waals surface area contributed by atoms with Gasteiger partial charge >= 0.3 is 5.97 Å². The van der Waals surface area contributed by atoms with Gasteiger partial charge in [-0.05, 0) is 38.3 Å². The number of hydrogen-bond acceptors (Lipinski definition) is 6. The van der Waals surface area contributed by atoms with Crippen molar-refractivity contribution in [2.24, 2.45) is 0 Å². The second kappa shape index (κ2) is 9.73. The minimum absolute atomic E-state index is 0.00687. The average Bonchev–Trinajstić information content (AvgIpc) is 3.26. The Labute approximate surface area is 173 Å². The molecule has 0 aliphatic heterocycles. The van der Waals surface area contributed by atoms with Gasteiger partial charge in [0, 0.05) is 18.8 Å². The highest BCUT2D eigenvalue weighted by Gasteiger charge is 2.20. The number of aromatic nitrogens is 2. The summed E-state index contributed by atoms with van der Waals surface area (Å²) >= 11 is 1.23. The van der Waals surface area contributed by atoms with Crippen LogP contribution in [0.4, 0.5) is 0 Å². The van der Waals surface area contributed by atoms with Crippen molar-refractivity contribution in [2.75, 3.05) is 19.4 Å². The monoisotopic (exact) mass is 415 g/mol. The highest BCUT2D eigenvalue weighted by molar-refractivity contribution is 7.99. The van der Waals surface area contributed by atoms with E-state index in [1.165, 1.54) is 23.4 Å². The Morgan fingerprint density at radius 2 is 2.10 bits per heavy atom. The molecular formula is C21H25N3O4S. The van der Waals surface area contributed by atoms with E-state index < -0.39 is 5.97 Å². The van der Waals surface area contributed by atoms with Crippen molar-refractivity contribution in [1.29, 1.82) is 0 Å². The van der Waals surface area contributed by atoms with E-state index in [2.05, 4.69) is 11.1 Å². The standard InChI is InChI=1S/C21H25N3O4S/c1-3-23(15-8-4-5-9-15)18(25)14-29-21-22-17-11-7-6-10-16(17)20(27)24(21)13-12-19(26)28-2/h6-8,10-11H,3-5,9,12-14H2,1-2H3. The van der Waals surface area contributed by atoms with Gasteiger partial charge in [0.15, 0.2) is 5.16 Å². The summed E-state index contributed by atoms with van der Waals surface area (Å²) in [4.78, 5) is 43.7. The van der Waals surface area contributed by atoms with Crippen LogP contribution in [0.3, 0.4) is 0 Å². The number of methoxy groups -OCH3 is 1. The molecule has 0 unspecified atom stereocenters. The number of rotatable bonds is 8. The van der Waals surface area contributed by atoms with Gasteiger partial charge in [-0.2, -0.15) is 0 Å². The van der Waals surface area contributed by atoms with Crippen LogP contribution < -0.4 is 5.56 Å². The summed E-state index contributed by atoms with van der Waals surface area (Å²) < 4.78 is 6.15. The zero-order valence-corrected chi connectivity index (χ0v) is 17.5. The number of esters is 1. The van der Waals surface area contributed by atoms with Crippen molar-refractivity contribution in [3.63, 3.8) is 0 Å². The third kappa shape index (κ3) is 4.87. The average molecular weight is 416 g/mol. The Balaban J connectivity index is 1.85. The summed E-state index contributed by atoms with van der Waals surface area (Å²) in [7, 11) is 1.31. The smallest absolute Gasteiger partial charge is 0.307 e. The fourth-order valence-corrected chi connectivity index (χ4v) is 4.30. The van der Waals surface area contributed by atoms with Crippen molar-refractivity contribution < 1.29 is 14.3 Å². The number of carbonyl (C=O) groups excluding carboxylic acids is 2. The molecule has 0 saturated heterocycles. The van der Waals surface area contributed by atoms with Gasteiger partial charge in [0.1, 0.15) is 0 Å².